The molecule has 0 amide bonds. The molecule has 0 aromatic carbocycles. The third kappa shape index (κ3) is 4.25. The largest absolute Gasteiger partial charge is 0.317 e. The number of piperidine rings is 1. The third-order valence-electron chi connectivity index (χ3n) is 5.86. The molecule has 4 rings (SSSR count). The number of rotatable bonds is 5. The van der Waals surface area contributed by atoms with E-state index in [-0.39, 0.29) is 0 Å². The number of aromatic nitrogens is 3. The maximum absolute atomic E-state index is 4.70. The second-order valence-corrected chi connectivity index (χ2v) is 8.32. The number of nitrogens with zero attached hydrogens (tertiary/aromatic N) is 3. The van der Waals surface area contributed by atoms with Gasteiger partial charge in [-0.15, -0.1) is 11.3 Å². The third-order valence-corrected chi connectivity index (χ3v) is 6.77. The molecule has 2 fully saturated rings. The van der Waals surface area contributed by atoms with Gasteiger partial charge < -0.3 is 10.6 Å². The maximum Gasteiger partial charge on any atom is 0.143 e. The highest BCUT2D eigenvalue weighted by Gasteiger charge is 2.35. The van der Waals surface area contributed by atoms with Gasteiger partial charge in [-0.1, -0.05) is 0 Å². The van der Waals surface area contributed by atoms with Gasteiger partial charge in [0.15, 0.2) is 0 Å². The van der Waals surface area contributed by atoms with E-state index >= 15 is 0 Å². The minimum absolute atomic E-state index is 0.657. The van der Waals surface area contributed by atoms with Crippen LogP contribution in [0.1, 0.15) is 44.2 Å². The lowest BCUT2D eigenvalue weighted by molar-refractivity contribution is 0.116. The van der Waals surface area contributed by atoms with E-state index in [0.717, 1.165) is 29.4 Å². The van der Waals surface area contributed by atoms with E-state index in [9.17, 15) is 0 Å². The van der Waals surface area contributed by atoms with Gasteiger partial charge in [0, 0.05) is 36.8 Å². The second kappa shape index (κ2) is 7.89. The Bertz CT molecular complexity index is 655. The molecule has 1 aliphatic carbocycles. The molecule has 1 spiro atoms. The molecule has 3 heterocycles. The van der Waals surface area contributed by atoms with E-state index in [1.54, 1.807) is 29.9 Å². The van der Waals surface area contributed by atoms with Crippen LogP contribution in [-0.4, -0.2) is 40.6 Å². The summed E-state index contributed by atoms with van der Waals surface area (Å²) >= 11 is 1.66. The van der Waals surface area contributed by atoms with Crippen LogP contribution in [0.25, 0.3) is 10.7 Å². The van der Waals surface area contributed by atoms with Crippen molar-refractivity contribution in [2.24, 2.45) is 5.41 Å². The first-order valence-electron chi connectivity index (χ1n) is 9.48. The lowest BCUT2D eigenvalue weighted by atomic mass is 9.67. The Morgan fingerprint density at radius 3 is 2.76 bits per heavy atom. The molecule has 2 aromatic heterocycles. The van der Waals surface area contributed by atoms with Gasteiger partial charge in [0.2, 0.25) is 0 Å². The standard InChI is InChI=1S/C19H27N5S/c1-4-19(6-9-20-10-7-19)5-2-15(1)22-8-3-16-14-25-18(24-16)17-13-21-11-12-23-17/h11-15,20,22H,1-10H2. The first-order valence-corrected chi connectivity index (χ1v) is 10.4. The van der Waals surface area contributed by atoms with E-state index in [1.807, 2.05) is 0 Å². The number of hydrogen-bond donors (Lipinski definition) is 2. The Hall–Kier alpha value is -1.37. The van der Waals surface area contributed by atoms with E-state index in [1.165, 1.54) is 51.6 Å². The summed E-state index contributed by atoms with van der Waals surface area (Å²) in [5.74, 6) is 0. The molecular formula is C19H27N5S. The quantitative estimate of drug-likeness (QED) is 0.861. The average molecular weight is 358 g/mol. The number of thiazole rings is 1. The lowest BCUT2D eigenvalue weighted by Gasteiger charge is -2.43. The Kier molecular flexibility index (Phi) is 5.39. The van der Waals surface area contributed by atoms with Crippen molar-refractivity contribution in [2.45, 2.75) is 51.0 Å². The van der Waals surface area contributed by atoms with Crippen molar-refractivity contribution in [1.82, 2.24) is 25.6 Å². The molecule has 2 N–H and O–H groups in total. The summed E-state index contributed by atoms with van der Waals surface area (Å²) in [5.41, 5.74) is 2.68. The van der Waals surface area contributed by atoms with Crippen LogP contribution in [0.4, 0.5) is 0 Å². The van der Waals surface area contributed by atoms with Crippen LogP contribution in [0, 0.1) is 5.41 Å². The summed E-state index contributed by atoms with van der Waals surface area (Å²) in [6.07, 6.45) is 14.4. The van der Waals surface area contributed by atoms with Gasteiger partial charge in [0.25, 0.3) is 0 Å². The summed E-state index contributed by atoms with van der Waals surface area (Å²) in [4.78, 5) is 13.1. The summed E-state index contributed by atoms with van der Waals surface area (Å²) in [7, 11) is 0. The zero-order valence-corrected chi connectivity index (χ0v) is 15.5. The van der Waals surface area contributed by atoms with Gasteiger partial charge in [0.1, 0.15) is 10.7 Å². The molecule has 1 saturated heterocycles. The zero-order valence-electron chi connectivity index (χ0n) is 14.7. The molecule has 0 atom stereocenters. The monoisotopic (exact) mass is 357 g/mol. The summed E-state index contributed by atoms with van der Waals surface area (Å²) in [6, 6.07) is 0.693. The molecule has 1 saturated carbocycles. The molecule has 2 aromatic rings. The Morgan fingerprint density at radius 1 is 1.16 bits per heavy atom. The lowest BCUT2D eigenvalue weighted by Crippen LogP contribution is -2.43. The molecular weight excluding hydrogens is 330 g/mol. The fraction of sp³-hybridized carbons (Fsp3) is 0.632. The highest BCUT2D eigenvalue weighted by Crippen LogP contribution is 2.43. The normalized spacial score (nSPS) is 20.8. The van der Waals surface area contributed by atoms with Crippen LogP contribution in [0.5, 0.6) is 0 Å². The van der Waals surface area contributed by atoms with Crippen molar-refractivity contribution >= 4 is 11.3 Å². The summed E-state index contributed by atoms with van der Waals surface area (Å²) in [6.45, 7) is 3.45. The van der Waals surface area contributed by atoms with E-state index in [0.29, 0.717) is 11.5 Å². The molecule has 2 aliphatic rings. The van der Waals surface area contributed by atoms with Crippen molar-refractivity contribution in [2.75, 3.05) is 19.6 Å². The average Bonchev–Trinajstić information content (AvgIpc) is 3.14. The van der Waals surface area contributed by atoms with Crippen molar-refractivity contribution in [1.29, 1.82) is 0 Å². The summed E-state index contributed by atoms with van der Waals surface area (Å²) in [5, 5.41) is 10.4. The van der Waals surface area contributed by atoms with Crippen molar-refractivity contribution < 1.29 is 0 Å². The van der Waals surface area contributed by atoms with Crippen LogP contribution in [0.2, 0.25) is 0 Å². The van der Waals surface area contributed by atoms with Crippen LogP contribution in [0.3, 0.4) is 0 Å². The Balaban J connectivity index is 1.22. The topological polar surface area (TPSA) is 62.7 Å². The first-order chi connectivity index (χ1) is 12.3. The Labute approximate surface area is 153 Å². The smallest absolute Gasteiger partial charge is 0.143 e. The van der Waals surface area contributed by atoms with Gasteiger partial charge in [-0.3, -0.25) is 9.97 Å². The van der Waals surface area contributed by atoms with E-state index in [4.69, 9.17) is 4.98 Å². The fourth-order valence-corrected chi connectivity index (χ4v) is 5.06. The first kappa shape index (κ1) is 17.1. The minimum Gasteiger partial charge on any atom is -0.317 e. The van der Waals surface area contributed by atoms with Gasteiger partial charge >= 0.3 is 0 Å². The van der Waals surface area contributed by atoms with Crippen molar-refractivity contribution in [3.63, 3.8) is 0 Å². The van der Waals surface area contributed by atoms with Crippen LogP contribution in [0.15, 0.2) is 24.0 Å². The van der Waals surface area contributed by atoms with E-state index in [2.05, 4.69) is 26.0 Å². The molecule has 0 unspecified atom stereocenters. The molecule has 0 radical (unpaired) electrons. The minimum atomic E-state index is 0.657. The van der Waals surface area contributed by atoms with Crippen molar-refractivity contribution in [3.8, 4) is 10.7 Å². The van der Waals surface area contributed by atoms with Gasteiger partial charge in [-0.05, 0) is 57.0 Å². The summed E-state index contributed by atoms with van der Waals surface area (Å²) < 4.78 is 0. The van der Waals surface area contributed by atoms with Gasteiger partial charge in [0.05, 0.1) is 11.9 Å². The van der Waals surface area contributed by atoms with E-state index < -0.39 is 0 Å². The number of nitrogens with one attached hydrogen (secondary N) is 2. The molecule has 134 valence electrons. The van der Waals surface area contributed by atoms with Crippen LogP contribution in [-0.2, 0) is 6.42 Å². The van der Waals surface area contributed by atoms with Crippen LogP contribution >= 0.6 is 11.3 Å². The molecule has 5 nitrogen and oxygen atoms in total. The molecule has 1 aliphatic heterocycles. The zero-order chi connectivity index (χ0) is 17.0. The highest BCUT2D eigenvalue weighted by molar-refractivity contribution is 7.13. The predicted octanol–water partition coefficient (Wildman–Crippen LogP) is 3.04. The van der Waals surface area contributed by atoms with Gasteiger partial charge in [-0.25, -0.2) is 4.98 Å². The van der Waals surface area contributed by atoms with Crippen molar-refractivity contribution in [3.05, 3.63) is 29.7 Å². The maximum atomic E-state index is 4.70. The highest BCUT2D eigenvalue weighted by atomic mass is 32.1. The molecule has 6 heteroatoms. The molecule has 25 heavy (non-hydrogen) atoms. The van der Waals surface area contributed by atoms with Crippen LogP contribution < -0.4 is 10.6 Å². The van der Waals surface area contributed by atoms with Gasteiger partial charge in [-0.2, -0.15) is 0 Å². The second-order valence-electron chi connectivity index (χ2n) is 7.46. The predicted molar refractivity (Wildman–Crippen MR) is 102 cm³/mol. The molecule has 0 bridgehead atoms. The Morgan fingerprint density at radius 2 is 2.00 bits per heavy atom. The number of hydrogen-bond acceptors (Lipinski definition) is 6. The SMILES string of the molecule is c1cnc(-c2nc(CCNC3CCC4(CCNCC4)CC3)cs2)cn1. The fourth-order valence-electron chi connectivity index (χ4n) is 4.24.